The molecule has 3 aromatic rings. The van der Waals surface area contributed by atoms with Crippen molar-refractivity contribution in [2.24, 2.45) is 0 Å². The van der Waals surface area contributed by atoms with Crippen molar-refractivity contribution in [1.82, 2.24) is 4.98 Å². The number of nitro benzene ring substituents is 2. The van der Waals surface area contributed by atoms with Crippen molar-refractivity contribution in [1.29, 1.82) is 0 Å². The molecule has 1 atom stereocenters. The summed E-state index contributed by atoms with van der Waals surface area (Å²) in [5.41, 5.74) is 0.827. The lowest BCUT2D eigenvalue weighted by atomic mass is 10.1. The van der Waals surface area contributed by atoms with E-state index in [0.29, 0.717) is 16.9 Å². The Hall–Kier alpha value is -4.39. The SMILES string of the molecule is CC(OC(=O)c1ccc(N(C)C)c([N+](=O)[O-])c1)C(=O)Nc1nc(-c2cccc([N+](=O)[O-])c2)cs1. The van der Waals surface area contributed by atoms with E-state index in [-0.39, 0.29) is 22.1 Å². The molecule has 3 rings (SSSR count). The van der Waals surface area contributed by atoms with Crippen LogP contribution in [-0.4, -0.2) is 46.9 Å². The van der Waals surface area contributed by atoms with Crippen LogP contribution in [0.25, 0.3) is 11.3 Å². The van der Waals surface area contributed by atoms with Crippen LogP contribution in [0.4, 0.5) is 22.2 Å². The monoisotopic (exact) mass is 485 g/mol. The third-order valence-corrected chi connectivity index (χ3v) is 5.39. The molecule has 0 saturated heterocycles. The Morgan fingerprint density at radius 3 is 2.50 bits per heavy atom. The molecule has 0 aliphatic carbocycles. The van der Waals surface area contributed by atoms with Crippen LogP contribution in [0.15, 0.2) is 47.8 Å². The first-order valence-corrected chi connectivity index (χ1v) is 10.6. The number of anilines is 2. The normalized spacial score (nSPS) is 11.4. The van der Waals surface area contributed by atoms with E-state index in [0.717, 1.165) is 17.4 Å². The number of nitro groups is 2. The maximum Gasteiger partial charge on any atom is 0.339 e. The maximum atomic E-state index is 12.5. The first-order chi connectivity index (χ1) is 16.1. The molecule has 0 spiro atoms. The van der Waals surface area contributed by atoms with Gasteiger partial charge in [0.05, 0.1) is 21.1 Å². The Balaban J connectivity index is 1.67. The number of non-ortho nitro benzene ring substituents is 1. The van der Waals surface area contributed by atoms with Gasteiger partial charge in [0.15, 0.2) is 11.2 Å². The van der Waals surface area contributed by atoms with Gasteiger partial charge in [-0.25, -0.2) is 9.78 Å². The van der Waals surface area contributed by atoms with Crippen LogP contribution in [0.5, 0.6) is 0 Å². The molecule has 0 fully saturated rings. The van der Waals surface area contributed by atoms with E-state index in [9.17, 15) is 29.8 Å². The fourth-order valence-electron chi connectivity index (χ4n) is 2.91. The minimum Gasteiger partial charge on any atom is -0.449 e. The van der Waals surface area contributed by atoms with Crippen LogP contribution in [0, 0.1) is 20.2 Å². The maximum absolute atomic E-state index is 12.5. The van der Waals surface area contributed by atoms with Gasteiger partial charge in [0, 0.05) is 43.2 Å². The molecular weight excluding hydrogens is 466 g/mol. The predicted octanol–water partition coefficient (Wildman–Crippen LogP) is 3.88. The number of carbonyl (C=O) groups is 2. The number of rotatable bonds is 8. The van der Waals surface area contributed by atoms with Gasteiger partial charge in [0.2, 0.25) is 0 Å². The molecule has 13 heteroatoms. The van der Waals surface area contributed by atoms with Crippen molar-refractivity contribution in [2.75, 3.05) is 24.3 Å². The topological polar surface area (TPSA) is 158 Å². The smallest absolute Gasteiger partial charge is 0.339 e. The molecular formula is C21H19N5O7S. The molecule has 176 valence electrons. The van der Waals surface area contributed by atoms with Gasteiger partial charge < -0.3 is 9.64 Å². The van der Waals surface area contributed by atoms with Crippen LogP contribution in [0.3, 0.4) is 0 Å². The lowest BCUT2D eigenvalue weighted by molar-refractivity contribution is -0.384. The highest BCUT2D eigenvalue weighted by molar-refractivity contribution is 7.14. The predicted molar refractivity (Wildman–Crippen MR) is 125 cm³/mol. The minimum atomic E-state index is -1.22. The fraction of sp³-hybridized carbons (Fsp3) is 0.190. The summed E-state index contributed by atoms with van der Waals surface area (Å²) in [4.78, 5) is 51.8. The third-order valence-electron chi connectivity index (χ3n) is 4.63. The fourth-order valence-corrected chi connectivity index (χ4v) is 3.63. The zero-order chi connectivity index (χ0) is 25.0. The molecule has 1 aromatic heterocycles. The highest BCUT2D eigenvalue weighted by Crippen LogP contribution is 2.29. The standard InChI is InChI=1S/C21H19N5O7S/c1-12(33-20(28)14-7-8-17(24(2)3)18(10-14)26(31)32)19(27)23-21-22-16(11-34-21)13-5-4-6-15(9-13)25(29)30/h4-12H,1-3H3,(H,22,23,27). The number of hydrogen-bond donors (Lipinski definition) is 1. The second-order valence-corrected chi connectivity index (χ2v) is 8.10. The quantitative estimate of drug-likeness (QED) is 0.284. The number of amides is 1. The number of benzene rings is 2. The van der Waals surface area contributed by atoms with E-state index in [4.69, 9.17) is 4.74 Å². The van der Waals surface area contributed by atoms with Crippen LogP contribution in [0.1, 0.15) is 17.3 Å². The van der Waals surface area contributed by atoms with Crippen molar-refractivity contribution in [3.63, 3.8) is 0 Å². The zero-order valence-electron chi connectivity index (χ0n) is 18.3. The molecule has 0 aliphatic rings. The van der Waals surface area contributed by atoms with Crippen molar-refractivity contribution in [3.05, 3.63) is 73.6 Å². The lowest BCUT2D eigenvalue weighted by Gasteiger charge is -2.15. The molecule has 1 N–H and O–H groups in total. The van der Waals surface area contributed by atoms with Gasteiger partial charge in [-0.1, -0.05) is 12.1 Å². The molecule has 12 nitrogen and oxygen atoms in total. The van der Waals surface area contributed by atoms with E-state index >= 15 is 0 Å². The number of hydrogen-bond acceptors (Lipinski definition) is 10. The first kappa shape index (κ1) is 24.3. The van der Waals surface area contributed by atoms with Gasteiger partial charge in [0.1, 0.15) is 5.69 Å². The number of nitrogens with one attached hydrogen (secondary N) is 1. The summed E-state index contributed by atoms with van der Waals surface area (Å²) in [5.74, 6) is -1.56. The van der Waals surface area contributed by atoms with Gasteiger partial charge in [-0.2, -0.15) is 0 Å². The van der Waals surface area contributed by atoms with Gasteiger partial charge in [-0.3, -0.25) is 30.3 Å². The van der Waals surface area contributed by atoms with Gasteiger partial charge >= 0.3 is 5.97 Å². The molecule has 1 unspecified atom stereocenters. The van der Waals surface area contributed by atoms with Crippen LogP contribution >= 0.6 is 11.3 Å². The molecule has 1 heterocycles. The summed E-state index contributed by atoms with van der Waals surface area (Å²) in [6, 6.07) is 9.80. The molecule has 34 heavy (non-hydrogen) atoms. The van der Waals surface area contributed by atoms with Crippen LogP contribution in [0.2, 0.25) is 0 Å². The number of thiazole rings is 1. The van der Waals surface area contributed by atoms with Crippen molar-refractivity contribution in [3.8, 4) is 11.3 Å². The Kier molecular flexibility index (Phi) is 7.16. The summed E-state index contributed by atoms with van der Waals surface area (Å²) in [6.07, 6.45) is -1.22. The van der Waals surface area contributed by atoms with E-state index in [1.54, 1.807) is 30.4 Å². The van der Waals surface area contributed by atoms with Gasteiger partial charge in [-0.05, 0) is 19.1 Å². The Labute approximate surface area is 197 Å². The van der Waals surface area contributed by atoms with Crippen molar-refractivity contribution >= 4 is 45.4 Å². The Morgan fingerprint density at radius 2 is 1.85 bits per heavy atom. The van der Waals surface area contributed by atoms with E-state index < -0.39 is 27.8 Å². The molecule has 0 bridgehead atoms. The summed E-state index contributed by atoms with van der Waals surface area (Å²) in [7, 11) is 3.27. The highest BCUT2D eigenvalue weighted by Gasteiger charge is 2.23. The van der Waals surface area contributed by atoms with E-state index in [1.165, 1.54) is 37.3 Å². The average molecular weight is 485 g/mol. The second-order valence-electron chi connectivity index (χ2n) is 7.24. The second kappa shape index (κ2) is 10.0. The molecule has 0 saturated carbocycles. The minimum absolute atomic E-state index is 0.0702. The number of esters is 1. The van der Waals surface area contributed by atoms with Gasteiger partial charge in [0.25, 0.3) is 17.3 Å². The van der Waals surface area contributed by atoms with Crippen molar-refractivity contribution in [2.45, 2.75) is 13.0 Å². The number of carbonyl (C=O) groups excluding carboxylic acids is 2. The molecule has 1 amide bonds. The first-order valence-electron chi connectivity index (χ1n) is 9.74. The van der Waals surface area contributed by atoms with Gasteiger partial charge in [-0.15, -0.1) is 11.3 Å². The summed E-state index contributed by atoms with van der Waals surface area (Å²) < 4.78 is 5.15. The van der Waals surface area contributed by atoms with Crippen LogP contribution < -0.4 is 10.2 Å². The Bertz CT molecular complexity index is 1270. The molecule has 2 aromatic carbocycles. The van der Waals surface area contributed by atoms with E-state index in [2.05, 4.69) is 10.3 Å². The van der Waals surface area contributed by atoms with Crippen molar-refractivity contribution < 1.29 is 24.2 Å². The average Bonchev–Trinajstić information content (AvgIpc) is 3.26. The van der Waals surface area contributed by atoms with Crippen LogP contribution in [-0.2, 0) is 9.53 Å². The Morgan fingerprint density at radius 1 is 1.12 bits per heavy atom. The lowest BCUT2D eigenvalue weighted by Crippen LogP contribution is -2.30. The summed E-state index contributed by atoms with van der Waals surface area (Å²) >= 11 is 1.10. The number of nitrogens with zero attached hydrogens (tertiary/aromatic N) is 4. The number of ether oxygens (including phenoxy) is 1. The molecule has 0 radical (unpaired) electrons. The summed E-state index contributed by atoms with van der Waals surface area (Å²) in [5, 5.41) is 26.6. The number of aromatic nitrogens is 1. The molecule has 0 aliphatic heterocycles. The highest BCUT2D eigenvalue weighted by atomic mass is 32.1. The van der Waals surface area contributed by atoms with E-state index in [1.807, 2.05) is 0 Å². The zero-order valence-corrected chi connectivity index (χ0v) is 19.1. The largest absolute Gasteiger partial charge is 0.449 e. The summed E-state index contributed by atoms with van der Waals surface area (Å²) in [6.45, 7) is 1.35. The third kappa shape index (κ3) is 5.50.